The zero-order chi connectivity index (χ0) is 28.6. The summed E-state index contributed by atoms with van der Waals surface area (Å²) in [6, 6.07) is 9.61. The fraction of sp³-hybridized carbons (Fsp3) is 0.679. The van der Waals surface area contributed by atoms with Gasteiger partial charge in [-0.25, -0.2) is 4.79 Å². The second kappa shape index (κ2) is 22.1. The molecular formula is C28H46N2O9. The van der Waals surface area contributed by atoms with Crippen LogP contribution < -0.4 is 10.8 Å². The van der Waals surface area contributed by atoms with Crippen molar-refractivity contribution in [3.63, 3.8) is 0 Å². The number of ether oxygens (including phenoxy) is 5. The van der Waals surface area contributed by atoms with Crippen LogP contribution in [0.15, 0.2) is 30.3 Å². The first-order valence-corrected chi connectivity index (χ1v) is 13.6. The van der Waals surface area contributed by atoms with Crippen LogP contribution in [0.3, 0.4) is 0 Å². The standard InChI is InChI=1S/C28H46N2O9/c1-28(2,3)39-27(33)30-38-22-21-36-20-19-35-18-17-34-16-15-29-25(31)13-9-4-5-10-14-26(32)37-23-24-11-7-6-8-12-24/h6-8,11-12H,4-5,9-10,13-23H2,1-3H3,(H,29,31)(H,30,33). The van der Waals surface area contributed by atoms with E-state index in [9.17, 15) is 14.4 Å². The molecule has 1 aromatic carbocycles. The van der Waals surface area contributed by atoms with Gasteiger partial charge >= 0.3 is 12.1 Å². The Kier molecular flexibility index (Phi) is 19.5. The quantitative estimate of drug-likeness (QED) is 0.125. The van der Waals surface area contributed by atoms with Gasteiger partial charge in [0.1, 0.15) is 12.2 Å². The van der Waals surface area contributed by atoms with E-state index in [0.717, 1.165) is 31.2 Å². The molecular weight excluding hydrogens is 508 g/mol. The molecule has 0 radical (unpaired) electrons. The molecule has 2 amide bonds. The highest BCUT2D eigenvalue weighted by Gasteiger charge is 2.15. The van der Waals surface area contributed by atoms with Crippen molar-refractivity contribution in [1.29, 1.82) is 0 Å². The van der Waals surface area contributed by atoms with E-state index in [4.69, 9.17) is 28.5 Å². The highest BCUT2D eigenvalue weighted by atomic mass is 16.7. The van der Waals surface area contributed by atoms with Crippen molar-refractivity contribution in [3.05, 3.63) is 35.9 Å². The van der Waals surface area contributed by atoms with Gasteiger partial charge in [-0.05, 0) is 39.2 Å². The van der Waals surface area contributed by atoms with Crippen molar-refractivity contribution < 1.29 is 42.9 Å². The number of nitrogens with one attached hydrogen (secondary N) is 2. The molecule has 0 heterocycles. The van der Waals surface area contributed by atoms with E-state index < -0.39 is 11.7 Å². The van der Waals surface area contributed by atoms with Crippen molar-refractivity contribution in [2.75, 3.05) is 52.8 Å². The van der Waals surface area contributed by atoms with Gasteiger partial charge in [0.05, 0.1) is 46.2 Å². The minimum absolute atomic E-state index is 0.000423. The Morgan fingerprint density at radius 1 is 0.744 bits per heavy atom. The normalized spacial score (nSPS) is 11.2. The number of carbonyl (C=O) groups is 3. The van der Waals surface area contributed by atoms with Gasteiger partial charge in [-0.1, -0.05) is 43.2 Å². The van der Waals surface area contributed by atoms with Crippen LogP contribution in [-0.2, 0) is 44.7 Å². The van der Waals surface area contributed by atoms with E-state index in [-0.39, 0.29) is 18.5 Å². The highest BCUT2D eigenvalue weighted by Crippen LogP contribution is 2.08. The number of hydrogen-bond acceptors (Lipinski definition) is 9. The van der Waals surface area contributed by atoms with E-state index in [0.29, 0.717) is 65.6 Å². The summed E-state index contributed by atoms with van der Waals surface area (Å²) in [4.78, 5) is 40.0. The van der Waals surface area contributed by atoms with E-state index >= 15 is 0 Å². The molecule has 0 fully saturated rings. The molecule has 11 nitrogen and oxygen atoms in total. The van der Waals surface area contributed by atoms with Crippen molar-refractivity contribution >= 4 is 18.0 Å². The van der Waals surface area contributed by atoms with Crippen LogP contribution in [0, 0.1) is 0 Å². The van der Waals surface area contributed by atoms with E-state index in [2.05, 4.69) is 10.8 Å². The van der Waals surface area contributed by atoms with E-state index in [1.165, 1.54) is 0 Å². The molecule has 11 heteroatoms. The number of esters is 1. The lowest BCUT2D eigenvalue weighted by Gasteiger charge is -2.19. The van der Waals surface area contributed by atoms with E-state index in [1.807, 2.05) is 30.3 Å². The summed E-state index contributed by atoms with van der Waals surface area (Å²) in [7, 11) is 0. The summed E-state index contributed by atoms with van der Waals surface area (Å²) in [5.74, 6) is -0.188. The maximum atomic E-state index is 11.9. The molecule has 0 atom stereocenters. The fourth-order valence-corrected chi connectivity index (χ4v) is 3.12. The number of amides is 2. The first-order chi connectivity index (χ1) is 18.8. The van der Waals surface area contributed by atoms with Crippen molar-refractivity contribution in [2.24, 2.45) is 0 Å². The molecule has 0 saturated carbocycles. The molecule has 1 aromatic rings. The topological polar surface area (TPSA) is 131 Å². The van der Waals surface area contributed by atoms with Gasteiger partial charge in [0.15, 0.2) is 0 Å². The van der Waals surface area contributed by atoms with Crippen molar-refractivity contribution in [3.8, 4) is 0 Å². The molecule has 0 unspecified atom stereocenters. The molecule has 0 aliphatic rings. The zero-order valence-corrected chi connectivity index (χ0v) is 23.7. The summed E-state index contributed by atoms with van der Waals surface area (Å²) < 4.78 is 26.4. The SMILES string of the molecule is CC(C)(C)OC(=O)NOCCOCCOCCOCCNC(=O)CCCCCCC(=O)OCc1ccccc1. The van der Waals surface area contributed by atoms with Gasteiger partial charge in [0, 0.05) is 19.4 Å². The molecule has 0 saturated heterocycles. The largest absolute Gasteiger partial charge is 0.461 e. The predicted octanol–water partition coefficient (Wildman–Crippen LogP) is 3.69. The first-order valence-electron chi connectivity index (χ1n) is 13.6. The Morgan fingerprint density at radius 3 is 1.97 bits per heavy atom. The predicted molar refractivity (Wildman–Crippen MR) is 145 cm³/mol. The summed E-state index contributed by atoms with van der Waals surface area (Å²) in [6.45, 7) is 8.62. The number of hydrogen-bond donors (Lipinski definition) is 2. The van der Waals surface area contributed by atoms with Crippen molar-refractivity contribution in [1.82, 2.24) is 10.8 Å². The monoisotopic (exact) mass is 554 g/mol. The Balaban J connectivity index is 1.78. The third-order valence-electron chi connectivity index (χ3n) is 4.97. The van der Waals surface area contributed by atoms with Crippen LogP contribution >= 0.6 is 0 Å². The Hall–Kier alpha value is -2.73. The number of unbranched alkanes of at least 4 members (excludes halogenated alkanes) is 3. The minimum atomic E-state index is -0.645. The molecule has 1 rings (SSSR count). The summed E-state index contributed by atoms with van der Waals surface area (Å²) in [5, 5.41) is 2.83. The third kappa shape index (κ3) is 22.9. The average Bonchev–Trinajstić information content (AvgIpc) is 2.89. The molecule has 0 spiro atoms. The average molecular weight is 555 g/mol. The van der Waals surface area contributed by atoms with Gasteiger partial charge in [0.25, 0.3) is 0 Å². The number of hydroxylamine groups is 1. The van der Waals surface area contributed by atoms with Crippen LogP contribution in [0.25, 0.3) is 0 Å². The molecule has 0 aliphatic carbocycles. The van der Waals surface area contributed by atoms with Gasteiger partial charge in [0.2, 0.25) is 5.91 Å². The molecule has 39 heavy (non-hydrogen) atoms. The summed E-state index contributed by atoms with van der Waals surface area (Å²) in [5.41, 5.74) is 2.58. The van der Waals surface area contributed by atoms with Gasteiger partial charge < -0.3 is 29.0 Å². The van der Waals surface area contributed by atoms with Crippen LogP contribution in [0.2, 0.25) is 0 Å². The highest BCUT2D eigenvalue weighted by molar-refractivity contribution is 5.75. The third-order valence-corrected chi connectivity index (χ3v) is 4.97. The van der Waals surface area contributed by atoms with Gasteiger partial charge in [-0.15, -0.1) is 0 Å². The molecule has 222 valence electrons. The molecule has 0 aromatic heterocycles. The van der Waals surface area contributed by atoms with Gasteiger partial charge in [-0.3, -0.25) is 14.4 Å². The van der Waals surface area contributed by atoms with Gasteiger partial charge in [-0.2, -0.15) is 5.48 Å². The van der Waals surface area contributed by atoms with Crippen LogP contribution in [-0.4, -0.2) is 76.4 Å². The Morgan fingerprint density at radius 2 is 1.33 bits per heavy atom. The minimum Gasteiger partial charge on any atom is -0.461 e. The molecule has 2 N–H and O–H groups in total. The number of carbonyl (C=O) groups excluding carboxylic acids is 3. The van der Waals surface area contributed by atoms with Crippen LogP contribution in [0.5, 0.6) is 0 Å². The van der Waals surface area contributed by atoms with Crippen LogP contribution in [0.4, 0.5) is 4.79 Å². The fourth-order valence-electron chi connectivity index (χ4n) is 3.12. The lowest BCUT2D eigenvalue weighted by molar-refractivity contribution is -0.145. The van der Waals surface area contributed by atoms with E-state index in [1.54, 1.807) is 20.8 Å². The summed E-state index contributed by atoms with van der Waals surface area (Å²) in [6.07, 6.45) is 3.55. The lowest BCUT2D eigenvalue weighted by Crippen LogP contribution is -2.33. The maximum absolute atomic E-state index is 11.9. The first kappa shape index (κ1) is 34.3. The zero-order valence-electron chi connectivity index (χ0n) is 23.7. The smallest absolute Gasteiger partial charge is 0.431 e. The maximum Gasteiger partial charge on any atom is 0.431 e. The second-order valence-electron chi connectivity index (χ2n) is 9.70. The Labute approximate surface area is 232 Å². The number of rotatable bonds is 22. The Bertz CT molecular complexity index is 785. The molecule has 0 aliphatic heterocycles. The summed E-state index contributed by atoms with van der Waals surface area (Å²) >= 11 is 0. The molecule has 0 bridgehead atoms. The lowest BCUT2D eigenvalue weighted by atomic mass is 10.1. The second-order valence-corrected chi connectivity index (χ2v) is 9.70. The van der Waals surface area contributed by atoms with Crippen molar-refractivity contribution in [2.45, 2.75) is 71.5 Å². The van der Waals surface area contributed by atoms with Crippen LogP contribution in [0.1, 0.15) is 64.9 Å². The number of benzene rings is 1.